The van der Waals surface area contributed by atoms with Crippen molar-refractivity contribution in [1.82, 2.24) is 0 Å². The molecular weight excluding hydrogens is 176 g/mol. The van der Waals surface area contributed by atoms with Crippen LogP contribution < -0.4 is 0 Å². The first kappa shape index (κ1) is 8.63. The maximum Gasteiger partial charge on any atom is 0.124 e. The maximum atomic E-state index is 9.54. The van der Waals surface area contributed by atoms with Gasteiger partial charge in [-0.3, -0.25) is 0 Å². The van der Waals surface area contributed by atoms with Crippen molar-refractivity contribution in [1.29, 1.82) is 0 Å². The van der Waals surface area contributed by atoms with Crippen LogP contribution in [0.3, 0.4) is 0 Å². The molecule has 0 aliphatic rings. The predicted molar refractivity (Wildman–Crippen MR) is 54.0 cm³/mol. The lowest BCUT2D eigenvalue weighted by atomic mass is 10.0. The molecule has 0 aliphatic heterocycles. The van der Waals surface area contributed by atoms with E-state index in [0.717, 1.165) is 5.56 Å². The van der Waals surface area contributed by atoms with Crippen LogP contribution in [-0.2, 0) is 0 Å². The second-order valence-electron chi connectivity index (χ2n) is 2.98. The maximum absolute atomic E-state index is 9.54. The zero-order chi connectivity index (χ0) is 9.97. The molecule has 0 aromatic heterocycles. The van der Waals surface area contributed by atoms with Crippen LogP contribution in [0.15, 0.2) is 42.5 Å². The van der Waals surface area contributed by atoms with Gasteiger partial charge in [-0.1, -0.05) is 24.3 Å². The molecule has 1 radical (unpaired) electrons. The normalized spacial score (nSPS) is 10.0. The van der Waals surface area contributed by atoms with Crippen molar-refractivity contribution in [2.75, 3.05) is 0 Å². The summed E-state index contributed by atoms with van der Waals surface area (Å²) in [5.41, 5.74) is 1.35. The molecule has 2 aromatic rings. The van der Waals surface area contributed by atoms with Crippen molar-refractivity contribution in [3.8, 4) is 22.6 Å². The van der Waals surface area contributed by atoms with E-state index in [1.165, 1.54) is 0 Å². The fraction of sp³-hybridized carbons (Fsp3) is 0. The van der Waals surface area contributed by atoms with Gasteiger partial charge in [0.15, 0.2) is 0 Å². The molecule has 2 nitrogen and oxygen atoms in total. The highest BCUT2D eigenvalue weighted by atomic mass is 16.3. The number of benzene rings is 2. The van der Waals surface area contributed by atoms with Crippen molar-refractivity contribution in [2.45, 2.75) is 0 Å². The van der Waals surface area contributed by atoms with Gasteiger partial charge in [0.2, 0.25) is 0 Å². The minimum atomic E-state index is 0.165. The number of aromatic hydroxyl groups is 2. The van der Waals surface area contributed by atoms with E-state index in [2.05, 4.69) is 6.07 Å². The third-order valence-electron chi connectivity index (χ3n) is 1.97. The van der Waals surface area contributed by atoms with Crippen molar-refractivity contribution >= 4 is 0 Å². The second kappa shape index (κ2) is 3.42. The Hall–Kier alpha value is -1.96. The summed E-state index contributed by atoms with van der Waals surface area (Å²) < 4.78 is 0. The first-order valence-electron chi connectivity index (χ1n) is 4.26. The summed E-state index contributed by atoms with van der Waals surface area (Å²) in [5.74, 6) is 0.345. The zero-order valence-corrected chi connectivity index (χ0v) is 7.44. The zero-order valence-electron chi connectivity index (χ0n) is 7.44. The van der Waals surface area contributed by atoms with Crippen molar-refractivity contribution in [3.63, 3.8) is 0 Å². The highest BCUT2D eigenvalue weighted by molar-refractivity contribution is 5.70. The molecule has 0 fully saturated rings. The Morgan fingerprint density at radius 2 is 1.86 bits per heavy atom. The first-order chi connectivity index (χ1) is 6.77. The van der Waals surface area contributed by atoms with E-state index in [9.17, 15) is 10.2 Å². The van der Waals surface area contributed by atoms with Crippen LogP contribution in [-0.4, -0.2) is 10.2 Å². The van der Waals surface area contributed by atoms with Gasteiger partial charge in [0.25, 0.3) is 0 Å². The van der Waals surface area contributed by atoms with E-state index in [1.54, 1.807) is 36.4 Å². The minimum Gasteiger partial charge on any atom is -0.508 e. The Morgan fingerprint density at radius 1 is 1.00 bits per heavy atom. The molecule has 2 rings (SSSR count). The molecule has 0 unspecified atom stereocenters. The SMILES string of the molecule is Oc1cccc(-c2[c]cccc2O)c1. The Morgan fingerprint density at radius 3 is 2.57 bits per heavy atom. The summed E-state index contributed by atoms with van der Waals surface area (Å²) in [4.78, 5) is 0. The number of hydrogen-bond acceptors (Lipinski definition) is 2. The van der Waals surface area contributed by atoms with Crippen LogP contribution in [0.2, 0.25) is 0 Å². The molecule has 0 aliphatic carbocycles. The van der Waals surface area contributed by atoms with Crippen LogP contribution in [0.4, 0.5) is 0 Å². The third kappa shape index (κ3) is 1.55. The minimum absolute atomic E-state index is 0.165. The lowest BCUT2D eigenvalue weighted by molar-refractivity contribution is 0.474. The molecule has 2 heteroatoms. The topological polar surface area (TPSA) is 40.5 Å². The Bertz CT molecular complexity index is 450. The molecule has 0 spiro atoms. The molecule has 69 valence electrons. The van der Waals surface area contributed by atoms with Gasteiger partial charge in [0, 0.05) is 5.56 Å². The fourth-order valence-corrected chi connectivity index (χ4v) is 1.32. The highest BCUT2D eigenvalue weighted by Crippen LogP contribution is 2.29. The van der Waals surface area contributed by atoms with E-state index < -0.39 is 0 Å². The molecule has 0 atom stereocenters. The summed E-state index contributed by atoms with van der Waals surface area (Å²) in [7, 11) is 0. The Kier molecular flexibility index (Phi) is 2.11. The smallest absolute Gasteiger partial charge is 0.124 e. The van der Waals surface area contributed by atoms with Crippen LogP contribution in [0.25, 0.3) is 11.1 Å². The van der Waals surface area contributed by atoms with E-state index in [4.69, 9.17) is 0 Å². The van der Waals surface area contributed by atoms with Gasteiger partial charge in [-0.05, 0) is 29.8 Å². The van der Waals surface area contributed by atoms with Gasteiger partial charge in [0.1, 0.15) is 11.5 Å². The van der Waals surface area contributed by atoms with Crippen molar-refractivity contribution in [3.05, 3.63) is 48.5 Å². The summed E-state index contributed by atoms with van der Waals surface area (Å²) in [6, 6.07) is 14.7. The predicted octanol–water partition coefficient (Wildman–Crippen LogP) is 2.56. The summed E-state index contributed by atoms with van der Waals surface area (Å²) in [6.07, 6.45) is 0. The summed E-state index contributed by atoms with van der Waals surface area (Å²) >= 11 is 0. The average Bonchev–Trinajstić information content (AvgIpc) is 2.18. The van der Waals surface area contributed by atoms with Gasteiger partial charge >= 0.3 is 0 Å². The fourth-order valence-electron chi connectivity index (χ4n) is 1.32. The van der Waals surface area contributed by atoms with Crippen molar-refractivity contribution in [2.24, 2.45) is 0 Å². The molecule has 14 heavy (non-hydrogen) atoms. The van der Waals surface area contributed by atoms with Crippen LogP contribution in [0.1, 0.15) is 0 Å². The second-order valence-corrected chi connectivity index (χ2v) is 2.98. The first-order valence-corrected chi connectivity index (χ1v) is 4.26. The molecule has 2 N–H and O–H groups in total. The van der Waals surface area contributed by atoms with E-state index in [-0.39, 0.29) is 11.5 Å². The largest absolute Gasteiger partial charge is 0.508 e. The molecule has 0 saturated heterocycles. The average molecular weight is 185 g/mol. The van der Waals surface area contributed by atoms with E-state index >= 15 is 0 Å². The van der Waals surface area contributed by atoms with Crippen LogP contribution in [0, 0.1) is 6.07 Å². The lowest BCUT2D eigenvalue weighted by Gasteiger charge is -2.03. The number of phenolic OH excluding ortho intramolecular Hbond substituents is 2. The number of rotatable bonds is 1. The van der Waals surface area contributed by atoms with E-state index in [0.29, 0.717) is 5.56 Å². The van der Waals surface area contributed by atoms with Gasteiger partial charge < -0.3 is 10.2 Å². The molecule has 0 amide bonds. The van der Waals surface area contributed by atoms with Gasteiger partial charge in [0.05, 0.1) is 0 Å². The molecule has 0 heterocycles. The summed E-state index contributed by atoms with van der Waals surface area (Å²) in [6.45, 7) is 0. The monoisotopic (exact) mass is 185 g/mol. The third-order valence-corrected chi connectivity index (χ3v) is 1.97. The standard InChI is InChI=1S/C12H9O2/c13-10-5-3-4-9(8-10)11-6-1-2-7-12(11)14/h1-5,7-8,13-14H. The van der Waals surface area contributed by atoms with Crippen LogP contribution in [0.5, 0.6) is 11.5 Å². The van der Waals surface area contributed by atoms with Gasteiger partial charge in [-0.2, -0.15) is 0 Å². The summed E-state index contributed by atoms with van der Waals surface area (Å²) in [5, 5.41) is 18.8. The number of hydrogen-bond donors (Lipinski definition) is 2. The Balaban J connectivity index is 2.55. The highest BCUT2D eigenvalue weighted by Gasteiger charge is 2.03. The molecule has 2 aromatic carbocycles. The molecule has 0 bridgehead atoms. The van der Waals surface area contributed by atoms with E-state index in [1.807, 2.05) is 6.07 Å². The Labute approximate surface area is 82.1 Å². The molecule has 0 saturated carbocycles. The quantitative estimate of drug-likeness (QED) is 0.716. The van der Waals surface area contributed by atoms with Gasteiger partial charge in [-0.25, -0.2) is 0 Å². The number of phenols is 2. The van der Waals surface area contributed by atoms with Crippen LogP contribution >= 0.6 is 0 Å². The lowest BCUT2D eigenvalue weighted by Crippen LogP contribution is -1.78. The molecular formula is C12H9O2. The van der Waals surface area contributed by atoms with Gasteiger partial charge in [-0.15, -0.1) is 0 Å². The van der Waals surface area contributed by atoms with Crippen molar-refractivity contribution < 1.29 is 10.2 Å².